The number of hydrogen-bond donors (Lipinski definition) is 1. The molecule has 1 aliphatic rings. The monoisotopic (exact) mass is 529 g/mol. The lowest BCUT2D eigenvalue weighted by Crippen LogP contribution is -2.09. The molecule has 5 aromatic rings. The third-order valence-electron chi connectivity index (χ3n) is 6.79. The molecule has 0 atom stereocenters. The molecule has 0 fully saturated rings. The average molecular weight is 530 g/mol. The molecule has 0 amide bonds. The van der Waals surface area contributed by atoms with Gasteiger partial charge < -0.3 is 10.1 Å². The Hall–Kier alpha value is -4.31. The van der Waals surface area contributed by atoms with E-state index in [-0.39, 0.29) is 17.3 Å². The highest BCUT2D eigenvalue weighted by Gasteiger charge is 2.21. The number of ether oxygens (including phenoxy) is 1. The van der Waals surface area contributed by atoms with Gasteiger partial charge in [0.15, 0.2) is 9.84 Å². The summed E-state index contributed by atoms with van der Waals surface area (Å²) in [5.41, 5.74) is 6.15. The first-order valence-corrected chi connectivity index (χ1v) is 14.0. The van der Waals surface area contributed by atoms with Gasteiger partial charge in [0.05, 0.1) is 22.7 Å². The third kappa shape index (κ3) is 4.16. The molecule has 0 radical (unpaired) electrons. The van der Waals surface area contributed by atoms with Gasteiger partial charge in [-0.25, -0.2) is 22.8 Å². The first-order chi connectivity index (χ1) is 18.3. The Bertz CT molecular complexity index is 1800. The molecule has 0 saturated carbocycles. The number of imidazole rings is 1. The van der Waals surface area contributed by atoms with Gasteiger partial charge in [0.1, 0.15) is 17.9 Å². The van der Waals surface area contributed by atoms with Crippen molar-refractivity contribution >= 4 is 21.3 Å². The minimum Gasteiger partial charge on any atom is -0.493 e. The maximum absolute atomic E-state index is 14.7. The molecule has 0 saturated heterocycles. The lowest BCUT2D eigenvalue weighted by atomic mass is 10.0. The van der Waals surface area contributed by atoms with Crippen molar-refractivity contribution in [1.29, 1.82) is 0 Å². The number of rotatable bonds is 6. The summed E-state index contributed by atoms with van der Waals surface area (Å²) in [6.45, 7) is 2.68. The summed E-state index contributed by atoms with van der Waals surface area (Å²) in [7, 11) is -3.33. The number of aromatic nitrogens is 4. The molecule has 10 heteroatoms. The zero-order chi connectivity index (χ0) is 26.4. The van der Waals surface area contributed by atoms with E-state index in [0.29, 0.717) is 36.0 Å². The fraction of sp³-hybridized carbons (Fsp3) is 0.179. The van der Waals surface area contributed by atoms with E-state index in [2.05, 4.69) is 15.3 Å². The summed E-state index contributed by atoms with van der Waals surface area (Å²) >= 11 is 0. The predicted octanol–water partition coefficient (Wildman–Crippen LogP) is 4.86. The fourth-order valence-corrected chi connectivity index (χ4v) is 5.48. The number of fused-ring (bicyclic) bond motifs is 2. The molecule has 6 rings (SSSR count). The van der Waals surface area contributed by atoms with Crippen LogP contribution in [0.4, 0.5) is 10.3 Å². The molecule has 0 bridgehead atoms. The Labute approximate surface area is 219 Å². The maximum Gasteiger partial charge on any atom is 0.208 e. The smallest absolute Gasteiger partial charge is 0.208 e. The molecule has 2 aromatic carbocycles. The molecule has 0 spiro atoms. The highest BCUT2D eigenvalue weighted by atomic mass is 32.2. The molecule has 4 heterocycles. The van der Waals surface area contributed by atoms with Gasteiger partial charge in [-0.3, -0.25) is 9.38 Å². The minimum absolute atomic E-state index is 0.225. The molecule has 1 N–H and O–H groups in total. The number of pyridine rings is 1. The van der Waals surface area contributed by atoms with Crippen molar-refractivity contribution in [2.45, 2.75) is 24.8 Å². The van der Waals surface area contributed by atoms with Gasteiger partial charge in [0, 0.05) is 59.6 Å². The van der Waals surface area contributed by atoms with E-state index in [1.165, 1.54) is 12.3 Å². The number of nitrogens with zero attached hydrogens (tertiary/aromatic N) is 4. The summed E-state index contributed by atoms with van der Waals surface area (Å²) in [5, 5.41) is 3.28. The number of sulfone groups is 1. The Balaban J connectivity index is 1.47. The van der Waals surface area contributed by atoms with Crippen molar-refractivity contribution in [1.82, 2.24) is 19.4 Å². The first kappa shape index (κ1) is 24.1. The van der Waals surface area contributed by atoms with Crippen molar-refractivity contribution in [3.8, 4) is 28.1 Å². The maximum atomic E-state index is 14.7. The van der Waals surface area contributed by atoms with Crippen LogP contribution in [-0.4, -0.2) is 40.6 Å². The Morgan fingerprint density at radius 1 is 1.05 bits per heavy atom. The molecule has 8 nitrogen and oxygen atoms in total. The molecule has 38 heavy (non-hydrogen) atoms. The van der Waals surface area contributed by atoms with Crippen LogP contribution in [-0.2, 0) is 22.8 Å². The largest absolute Gasteiger partial charge is 0.493 e. The van der Waals surface area contributed by atoms with Crippen LogP contribution in [0.2, 0.25) is 0 Å². The number of aryl methyl sites for hydroxylation is 1. The molecule has 192 valence electrons. The van der Waals surface area contributed by atoms with Crippen LogP contribution in [0, 0.1) is 12.7 Å². The molecule has 1 aliphatic heterocycles. The number of nitrogens with one attached hydrogen (secondary N) is 1. The van der Waals surface area contributed by atoms with Crippen LogP contribution in [0.5, 0.6) is 5.75 Å². The molecular formula is C28H24FN5O3S. The van der Waals surface area contributed by atoms with Gasteiger partial charge in [0.25, 0.3) is 0 Å². The average Bonchev–Trinajstić information content (AvgIpc) is 3.56. The van der Waals surface area contributed by atoms with Gasteiger partial charge in [0.2, 0.25) is 5.95 Å². The zero-order valence-corrected chi connectivity index (χ0v) is 21.6. The van der Waals surface area contributed by atoms with Crippen molar-refractivity contribution in [2.75, 3.05) is 18.2 Å². The topological polar surface area (TPSA) is 98.5 Å². The SMILES string of the molecule is Cc1ncccc1-c1ncn2c(NCc3c(F)ccc4c3CCO4)ncc(-c3ccc(S(C)(=O)=O)cc3)c12. The molecule has 3 aromatic heterocycles. The lowest BCUT2D eigenvalue weighted by Gasteiger charge is -2.14. The van der Waals surface area contributed by atoms with E-state index in [9.17, 15) is 12.8 Å². The van der Waals surface area contributed by atoms with Crippen molar-refractivity contribution < 1.29 is 17.5 Å². The van der Waals surface area contributed by atoms with Crippen LogP contribution in [0.25, 0.3) is 27.9 Å². The van der Waals surface area contributed by atoms with Crippen molar-refractivity contribution in [3.05, 3.63) is 89.9 Å². The van der Waals surface area contributed by atoms with E-state index in [4.69, 9.17) is 9.72 Å². The fourth-order valence-electron chi connectivity index (χ4n) is 4.84. The Kier molecular flexibility index (Phi) is 5.83. The number of anilines is 1. The standard InChI is InChI=1S/C28H24FN5O3S/c1-17-20(4-3-12-30-17)26-27-22(18-5-7-19(8-6-18)38(2,35)36)14-31-28(34(27)16-33-26)32-15-23-21-11-13-37-25(21)10-9-24(23)29/h3-10,12,14,16H,11,13,15H2,1-2H3,(H,31,32). The third-order valence-corrected chi connectivity index (χ3v) is 7.91. The van der Waals surface area contributed by atoms with Gasteiger partial charge in [-0.15, -0.1) is 0 Å². The van der Waals surface area contributed by atoms with E-state index in [1.807, 2.05) is 23.5 Å². The van der Waals surface area contributed by atoms with Gasteiger partial charge >= 0.3 is 0 Å². The number of halogens is 1. The highest BCUT2D eigenvalue weighted by Crippen LogP contribution is 2.35. The van der Waals surface area contributed by atoms with Gasteiger partial charge in [-0.2, -0.15) is 0 Å². The molecular weight excluding hydrogens is 505 g/mol. The first-order valence-electron chi connectivity index (χ1n) is 12.1. The van der Waals surface area contributed by atoms with Gasteiger partial charge in [-0.05, 0) is 48.9 Å². The normalized spacial score (nSPS) is 12.9. The Morgan fingerprint density at radius 3 is 2.63 bits per heavy atom. The van der Waals surface area contributed by atoms with Crippen molar-refractivity contribution in [3.63, 3.8) is 0 Å². The van der Waals surface area contributed by atoms with E-state index >= 15 is 0 Å². The summed E-state index contributed by atoms with van der Waals surface area (Å²) in [6.07, 6.45) is 6.96. The quantitative estimate of drug-likeness (QED) is 0.336. The van der Waals surface area contributed by atoms with E-state index in [0.717, 1.165) is 33.5 Å². The van der Waals surface area contributed by atoms with Crippen LogP contribution in [0.1, 0.15) is 16.8 Å². The van der Waals surface area contributed by atoms with Crippen molar-refractivity contribution in [2.24, 2.45) is 0 Å². The number of hydrogen-bond acceptors (Lipinski definition) is 7. The summed E-state index contributed by atoms with van der Waals surface area (Å²) in [4.78, 5) is 14.0. The van der Waals surface area contributed by atoms with Crippen LogP contribution < -0.4 is 10.1 Å². The second kappa shape index (κ2) is 9.21. The second-order valence-electron chi connectivity index (χ2n) is 9.19. The van der Waals surface area contributed by atoms with E-state index in [1.54, 1.807) is 49.1 Å². The molecule has 0 aliphatic carbocycles. The summed E-state index contributed by atoms with van der Waals surface area (Å²) in [5.74, 6) is 0.914. The number of benzene rings is 2. The lowest BCUT2D eigenvalue weighted by molar-refractivity contribution is 0.356. The summed E-state index contributed by atoms with van der Waals surface area (Å²) in [6, 6.07) is 13.6. The van der Waals surface area contributed by atoms with Crippen LogP contribution >= 0.6 is 0 Å². The highest BCUT2D eigenvalue weighted by molar-refractivity contribution is 7.90. The second-order valence-corrected chi connectivity index (χ2v) is 11.2. The minimum atomic E-state index is -3.33. The van der Waals surface area contributed by atoms with E-state index < -0.39 is 9.84 Å². The Morgan fingerprint density at radius 2 is 1.87 bits per heavy atom. The van der Waals surface area contributed by atoms with Crippen LogP contribution in [0.3, 0.4) is 0 Å². The van der Waals surface area contributed by atoms with Crippen LogP contribution in [0.15, 0.2) is 72.1 Å². The molecule has 0 unspecified atom stereocenters. The summed E-state index contributed by atoms with van der Waals surface area (Å²) < 4.78 is 46.1. The predicted molar refractivity (Wildman–Crippen MR) is 142 cm³/mol. The van der Waals surface area contributed by atoms with Gasteiger partial charge in [-0.1, -0.05) is 12.1 Å². The zero-order valence-electron chi connectivity index (χ0n) is 20.8.